The molecular formula is C17H18N2. The molecule has 0 aromatic heterocycles. The number of para-hydroxylation sites is 1. The summed E-state index contributed by atoms with van der Waals surface area (Å²) in [6.07, 6.45) is 1.12. The molecule has 2 nitrogen and oxygen atoms in total. The van der Waals surface area contributed by atoms with Crippen LogP contribution in [0.1, 0.15) is 17.5 Å². The van der Waals surface area contributed by atoms with E-state index < -0.39 is 0 Å². The van der Waals surface area contributed by atoms with Crippen LogP contribution in [0.15, 0.2) is 59.6 Å². The van der Waals surface area contributed by atoms with E-state index in [1.165, 1.54) is 16.8 Å². The lowest BCUT2D eigenvalue weighted by atomic mass is 10.1. The molecule has 1 aliphatic rings. The predicted octanol–water partition coefficient (Wildman–Crippen LogP) is 3.65. The summed E-state index contributed by atoms with van der Waals surface area (Å²) in [5.41, 5.74) is 3.77. The van der Waals surface area contributed by atoms with E-state index in [2.05, 4.69) is 60.4 Å². The second kappa shape index (κ2) is 5.27. The third-order valence-corrected chi connectivity index (χ3v) is 3.50. The minimum atomic E-state index is 0.923. The molecule has 0 saturated heterocycles. The Kier molecular flexibility index (Phi) is 3.32. The summed E-state index contributed by atoms with van der Waals surface area (Å²) in [4.78, 5) is 7.08. The van der Waals surface area contributed by atoms with E-state index in [1.807, 2.05) is 6.07 Å². The van der Waals surface area contributed by atoms with Gasteiger partial charge in [-0.2, -0.15) is 0 Å². The molecule has 3 rings (SSSR count). The van der Waals surface area contributed by atoms with Crippen LogP contribution in [0.2, 0.25) is 0 Å². The van der Waals surface area contributed by atoms with Crippen molar-refractivity contribution >= 4 is 11.5 Å². The average Bonchev–Trinajstić information content (AvgIpc) is 2.49. The first-order chi connectivity index (χ1) is 9.36. The Balaban J connectivity index is 2.03. The molecule has 19 heavy (non-hydrogen) atoms. The molecule has 0 radical (unpaired) electrons. The zero-order chi connectivity index (χ0) is 13.1. The molecule has 96 valence electrons. The average molecular weight is 250 g/mol. The zero-order valence-corrected chi connectivity index (χ0v) is 11.2. The van der Waals surface area contributed by atoms with Gasteiger partial charge in [0.25, 0.3) is 0 Å². The normalized spacial score (nSPS) is 15.2. The highest BCUT2D eigenvalue weighted by Gasteiger charge is 2.19. The summed E-state index contributed by atoms with van der Waals surface area (Å²) in [6, 6.07) is 19.0. The van der Waals surface area contributed by atoms with Crippen LogP contribution in [0.3, 0.4) is 0 Å². The molecule has 2 aromatic rings. The minimum absolute atomic E-state index is 0.923. The molecule has 2 heteroatoms. The van der Waals surface area contributed by atoms with Crippen molar-refractivity contribution in [2.45, 2.75) is 13.3 Å². The molecule has 0 amide bonds. The molecule has 1 heterocycles. The van der Waals surface area contributed by atoms with Crippen molar-refractivity contribution in [3.05, 3.63) is 65.7 Å². The number of amidine groups is 1. The zero-order valence-electron chi connectivity index (χ0n) is 11.2. The maximum Gasteiger partial charge on any atom is 0.135 e. The van der Waals surface area contributed by atoms with Gasteiger partial charge in [0.15, 0.2) is 0 Å². The van der Waals surface area contributed by atoms with Gasteiger partial charge in [0.1, 0.15) is 5.84 Å². The van der Waals surface area contributed by atoms with Crippen LogP contribution in [0, 0.1) is 6.92 Å². The number of hydrogen-bond acceptors (Lipinski definition) is 2. The van der Waals surface area contributed by atoms with Crippen molar-refractivity contribution in [3.63, 3.8) is 0 Å². The van der Waals surface area contributed by atoms with Gasteiger partial charge < -0.3 is 4.90 Å². The van der Waals surface area contributed by atoms with E-state index in [4.69, 9.17) is 4.99 Å². The van der Waals surface area contributed by atoms with Gasteiger partial charge >= 0.3 is 0 Å². The Morgan fingerprint density at radius 2 is 1.68 bits per heavy atom. The molecule has 0 unspecified atom stereocenters. The van der Waals surface area contributed by atoms with Gasteiger partial charge in [-0.1, -0.05) is 48.5 Å². The monoisotopic (exact) mass is 250 g/mol. The highest BCUT2D eigenvalue weighted by molar-refractivity contribution is 6.10. The molecule has 1 aliphatic heterocycles. The predicted molar refractivity (Wildman–Crippen MR) is 81.0 cm³/mol. The maximum absolute atomic E-state index is 4.74. The minimum Gasteiger partial charge on any atom is -0.326 e. The lowest BCUT2D eigenvalue weighted by molar-refractivity contribution is 0.789. The van der Waals surface area contributed by atoms with Gasteiger partial charge in [0.2, 0.25) is 0 Å². The van der Waals surface area contributed by atoms with Gasteiger partial charge in [-0.25, -0.2) is 0 Å². The number of benzene rings is 2. The van der Waals surface area contributed by atoms with Crippen LogP contribution in [-0.2, 0) is 0 Å². The molecule has 2 aromatic carbocycles. The summed E-state index contributed by atoms with van der Waals surface area (Å²) >= 11 is 0. The number of rotatable bonds is 2. The highest BCUT2D eigenvalue weighted by atomic mass is 15.2. The van der Waals surface area contributed by atoms with Crippen molar-refractivity contribution in [3.8, 4) is 0 Å². The van der Waals surface area contributed by atoms with E-state index in [-0.39, 0.29) is 0 Å². The number of aryl methyl sites for hydroxylation is 1. The van der Waals surface area contributed by atoms with E-state index in [0.29, 0.717) is 0 Å². The molecule has 0 spiro atoms. The third kappa shape index (κ3) is 2.39. The van der Waals surface area contributed by atoms with Crippen LogP contribution in [0.4, 0.5) is 5.69 Å². The van der Waals surface area contributed by atoms with Crippen LogP contribution in [0.5, 0.6) is 0 Å². The second-order valence-corrected chi connectivity index (χ2v) is 4.86. The lowest BCUT2D eigenvalue weighted by Gasteiger charge is -2.30. The summed E-state index contributed by atoms with van der Waals surface area (Å²) in [7, 11) is 0. The first-order valence-corrected chi connectivity index (χ1v) is 6.79. The van der Waals surface area contributed by atoms with Crippen molar-refractivity contribution in [1.29, 1.82) is 0 Å². The van der Waals surface area contributed by atoms with E-state index >= 15 is 0 Å². The van der Waals surface area contributed by atoms with E-state index in [0.717, 1.165) is 25.3 Å². The Bertz CT molecular complexity index is 587. The maximum atomic E-state index is 4.74. The lowest BCUT2D eigenvalue weighted by Crippen LogP contribution is -2.36. The van der Waals surface area contributed by atoms with Crippen LogP contribution < -0.4 is 4.90 Å². The van der Waals surface area contributed by atoms with Crippen molar-refractivity contribution in [1.82, 2.24) is 0 Å². The summed E-state index contributed by atoms with van der Waals surface area (Å²) in [5.74, 6) is 1.10. The number of aliphatic imine (C=N–C) groups is 1. The standard InChI is InChI=1S/C17H18N2/c1-14-8-5-6-11-16(14)19-13-7-12-18-17(19)15-9-3-2-4-10-15/h2-6,8-11H,7,12-13H2,1H3. The van der Waals surface area contributed by atoms with Crippen LogP contribution in [-0.4, -0.2) is 18.9 Å². The third-order valence-electron chi connectivity index (χ3n) is 3.50. The summed E-state index contributed by atoms with van der Waals surface area (Å²) < 4.78 is 0. The molecule has 0 bridgehead atoms. The topological polar surface area (TPSA) is 15.6 Å². The van der Waals surface area contributed by atoms with Gasteiger partial charge in [0.05, 0.1) is 0 Å². The van der Waals surface area contributed by atoms with Crippen LogP contribution >= 0.6 is 0 Å². The summed E-state index contributed by atoms with van der Waals surface area (Å²) in [5, 5.41) is 0. The SMILES string of the molecule is Cc1ccccc1N1CCCN=C1c1ccccc1. The molecular weight excluding hydrogens is 232 g/mol. The fraction of sp³-hybridized carbons (Fsp3) is 0.235. The molecule has 0 N–H and O–H groups in total. The highest BCUT2D eigenvalue weighted by Crippen LogP contribution is 2.24. The first kappa shape index (κ1) is 12.0. The Labute approximate surface area is 114 Å². The molecule has 0 saturated carbocycles. The second-order valence-electron chi connectivity index (χ2n) is 4.86. The van der Waals surface area contributed by atoms with Crippen LogP contribution in [0.25, 0.3) is 0 Å². The smallest absolute Gasteiger partial charge is 0.135 e. The number of hydrogen-bond donors (Lipinski definition) is 0. The fourth-order valence-corrected chi connectivity index (χ4v) is 2.54. The van der Waals surface area contributed by atoms with Crippen molar-refractivity contribution in [2.75, 3.05) is 18.0 Å². The fourth-order valence-electron chi connectivity index (χ4n) is 2.54. The van der Waals surface area contributed by atoms with Crippen molar-refractivity contribution in [2.24, 2.45) is 4.99 Å². The Morgan fingerprint density at radius 1 is 0.947 bits per heavy atom. The van der Waals surface area contributed by atoms with Gasteiger partial charge in [-0.15, -0.1) is 0 Å². The Morgan fingerprint density at radius 3 is 2.47 bits per heavy atom. The van der Waals surface area contributed by atoms with Gasteiger partial charge in [-0.05, 0) is 25.0 Å². The van der Waals surface area contributed by atoms with Crippen molar-refractivity contribution < 1.29 is 0 Å². The quantitative estimate of drug-likeness (QED) is 0.794. The number of nitrogens with zero attached hydrogens (tertiary/aromatic N) is 2. The van der Waals surface area contributed by atoms with Gasteiger partial charge in [0, 0.05) is 24.3 Å². The number of anilines is 1. The van der Waals surface area contributed by atoms with E-state index in [9.17, 15) is 0 Å². The molecule has 0 aliphatic carbocycles. The molecule has 0 atom stereocenters. The first-order valence-electron chi connectivity index (χ1n) is 6.79. The van der Waals surface area contributed by atoms with E-state index in [1.54, 1.807) is 0 Å². The largest absolute Gasteiger partial charge is 0.326 e. The Hall–Kier alpha value is -2.09. The summed E-state index contributed by atoms with van der Waals surface area (Å²) in [6.45, 7) is 4.12. The van der Waals surface area contributed by atoms with Gasteiger partial charge in [-0.3, -0.25) is 4.99 Å². The molecule has 0 fully saturated rings.